The quantitative estimate of drug-likeness (QED) is 0.739. The van der Waals surface area contributed by atoms with E-state index < -0.39 is 0 Å². The van der Waals surface area contributed by atoms with Crippen molar-refractivity contribution in [1.29, 1.82) is 0 Å². The second-order valence-electron chi connectivity index (χ2n) is 5.26. The molecular formula is C14H26N2O. The summed E-state index contributed by atoms with van der Waals surface area (Å²) in [6, 6.07) is 0. The Kier molecular flexibility index (Phi) is 5.19. The van der Waals surface area contributed by atoms with Crippen molar-refractivity contribution in [3.05, 3.63) is 11.6 Å². The number of nitrogens with two attached hydrogens (primary N) is 1. The Labute approximate surface area is 105 Å². The molecule has 0 heterocycles. The van der Waals surface area contributed by atoms with Crippen molar-refractivity contribution in [3.8, 4) is 0 Å². The lowest BCUT2D eigenvalue weighted by Gasteiger charge is -2.42. The van der Waals surface area contributed by atoms with Crippen molar-refractivity contribution in [2.24, 2.45) is 11.7 Å². The molecule has 1 rings (SSSR count). The SMILES string of the molecule is CC/C=C(/C)C(=O)NC1(CN)CCCCC1C. The van der Waals surface area contributed by atoms with Crippen molar-refractivity contribution >= 4 is 5.91 Å². The van der Waals surface area contributed by atoms with Gasteiger partial charge in [0.15, 0.2) is 0 Å². The fourth-order valence-corrected chi connectivity index (χ4v) is 2.68. The number of hydrogen-bond acceptors (Lipinski definition) is 2. The Morgan fingerprint density at radius 3 is 2.76 bits per heavy atom. The van der Waals surface area contributed by atoms with Gasteiger partial charge in [-0.1, -0.05) is 32.8 Å². The average Bonchev–Trinajstić information content (AvgIpc) is 2.32. The van der Waals surface area contributed by atoms with E-state index in [4.69, 9.17) is 5.73 Å². The molecular weight excluding hydrogens is 212 g/mol. The van der Waals surface area contributed by atoms with Gasteiger partial charge in [-0.25, -0.2) is 0 Å². The van der Waals surface area contributed by atoms with E-state index in [-0.39, 0.29) is 11.4 Å². The van der Waals surface area contributed by atoms with Gasteiger partial charge < -0.3 is 11.1 Å². The lowest BCUT2D eigenvalue weighted by molar-refractivity contribution is -0.120. The molecule has 0 aliphatic heterocycles. The minimum absolute atomic E-state index is 0.0473. The zero-order chi connectivity index (χ0) is 12.9. The molecule has 0 bridgehead atoms. The maximum atomic E-state index is 12.1. The van der Waals surface area contributed by atoms with Crippen molar-refractivity contribution in [2.75, 3.05) is 6.54 Å². The van der Waals surface area contributed by atoms with E-state index in [0.717, 1.165) is 24.8 Å². The highest BCUT2D eigenvalue weighted by Crippen LogP contribution is 2.33. The number of allylic oxidation sites excluding steroid dienone is 1. The first-order valence-electron chi connectivity index (χ1n) is 6.75. The van der Waals surface area contributed by atoms with Crippen molar-refractivity contribution in [3.63, 3.8) is 0 Å². The minimum atomic E-state index is -0.182. The summed E-state index contributed by atoms with van der Waals surface area (Å²) in [6.45, 7) is 6.65. The van der Waals surface area contributed by atoms with E-state index in [9.17, 15) is 4.79 Å². The molecule has 0 aromatic rings. The van der Waals surface area contributed by atoms with Crippen LogP contribution in [0.5, 0.6) is 0 Å². The van der Waals surface area contributed by atoms with Crippen LogP contribution in [0.2, 0.25) is 0 Å². The van der Waals surface area contributed by atoms with Crippen LogP contribution in [0.3, 0.4) is 0 Å². The molecule has 1 fully saturated rings. The lowest BCUT2D eigenvalue weighted by atomic mass is 9.73. The largest absolute Gasteiger partial charge is 0.345 e. The van der Waals surface area contributed by atoms with E-state index in [1.54, 1.807) is 0 Å². The number of carbonyl (C=O) groups excluding carboxylic acids is 1. The van der Waals surface area contributed by atoms with Crippen molar-refractivity contribution in [1.82, 2.24) is 5.32 Å². The third-order valence-electron chi connectivity index (χ3n) is 4.05. The summed E-state index contributed by atoms with van der Waals surface area (Å²) in [7, 11) is 0. The van der Waals surface area contributed by atoms with Gasteiger partial charge in [-0.05, 0) is 32.1 Å². The van der Waals surface area contributed by atoms with Gasteiger partial charge in [-0.15, -0.1) is 0 Å². The number of nitrogens with one attached hydrogen (secondary N) is 1. The first-order chi connectivity index (χ1) is 8.05. The Morgan fingerprint density at radius 1 is 1.53 bits per heavy atom. The van der Waals surface area contributed by atoms with Crippen molar-refractivity contribution < 1.29 is 4.79 Å². The molecule has 17 heavy (non-hydrogen) atoms. The Balaban J connectivity index is 2.74. The van der Waals surface area contributed by atoms with E-state index in [0.29, 0.717) is 12.5 Å². The molecule has 3 heteroatoms. The predicted octanol–water partition coefficient (Wildman–Crippen LogP) is 2.37. The van der Waals surface area contributed by atoms with Crippen LogP contribution < -0.4 is 11.1 Å². The molecule has 0 spiro atoms. The summed E-state index contributed by atoms with van der Waals surface area (Å²) in [5, 5.41) is 3.18. The lowest BCUT2D eigenvalue weighted by Crippen LogP contribution is -2.59. The van der Waals surface area contributed by atoms with Crippen LogP contribution in [0.15, 0.2) is 11.6 Å². The highest BCUT2D eigenvalue weighted by atomic mass is 16.1. The van der Waals surface area contributed by atoms with Gasteiger partial charge in [0.05, 0.1) is 5.54 Å². The molecule has 0 aromatic heterocycles. The van der Waals surface area contributed by atoms with Gasteiger partial charge in [-0.2, -0.15) is 0 Å². The van der Waals surface area contributed by atoms with Crippen molar-refractivity contribution in [2.45, 2.75) is 58.4 Å². The second kappa shape index (κ2) is 6.20. The Bertz CT molecular complexity index is 299. The Morgan fingerprint density at radius 2 is 2.24 bits per heavy atom. The second-order valence-corrected chi connectivity index (χ2v) is 5.26. The summed E-state index contributed by atoms with van der Waals surface area (Å²) in [5.41, 5.74) is 6.54. The van der Waals surface area contributed by atoms with Gasteiger partial charge >= 0.3 is 0 Å². The highest BCUT2D eigenvalue weighted by molar-refractivity contribution is 5.93. The first kappa shape index (κ1) is 14.2. The molecule has 1 amide bonds. The van der Waals surface area contributed by atoms with E-state index in [1.165, 1.54) is 12.8 Å². The molecule has 2 unspecified atom stereocenters. The maximum absolute atomic E-state index is 12.1. The molecule has 1 aliphatic rings. The third kappa shape index (κ3) is 3.32. The van der Waals surface area contributed by atoms with Crippen LogP contribution in [-0.2, 0) is 4.79 Å². The van der Waals surface area contributed by atoms with Crippen LogP contribution in [0, 0.1) is 5.92 Å². The van der Waals surface area contributed by atoms with Gasteiger partial charge in [0, 0.05) is 12.1 Å². The normalized spacial score (nSPS) is 30.1. The van der Waals surface area contributed by atoms with Gasteiger partial charge in [0.25, 0.3) is 0 Å². The van der Waals surface area contributed by atoms with Crippen LogP contribution >= 0.6 is 0 Å². The monoisotopic (exact) mass is 238 g/mol. The average molecular weight is 238 g/mol. The fraction of sp³-hybridized carbons (Fsp3) is 0.786. The zero-order valence-corrected chi connectivity index (χ0v) is 11.4. The summed E-state index contributed by atoms with van der Waals surface area (Å²) in [6.07, 6.45) is 7.45. The molecule has 0 aromatic carbocycles. The summed E-state index contributed by atoms with van der Waals surface area (Å²) in [5.74, 6) is 0.519. The molecule has 1 saturated carbocycles. The summed E-state index contributed by atoms with van der Waals surface area (Å²) >= 11 is 0. The van der Waals surface area contributed by atoms with E-state index >= 15 is 0 Å². The predicted molar refractivity (Wildman–Crippen MR) is 71.6 cm³/mol. The number of carbonyl (C=O) groups is 1. The van der Waals surface area contributed by atoms with Crippen LogP contribution in [-0.4, -0.2) is 18.0 Å². The maximum Gasteiger partial charge on any atom is 0.247 e. The van der Waals surface area contributed by atoms with Gasteiger partial charge in [0.2, 0.25) is 5.91 Å². The van der Waals surface area contributed by atoms with E-state index in [1.807, 2.05) is 19.9 Å². The summed E-state index contributed by atoms with van der Waals surface area (Å²) in [4.78, 5) is 12.1. The van der Waals surface area contributed by atoms with E-state index in [2.05, 4.69) is 12.2 Å². The highest BCUT2D eigenvalue weighted by Gasteiger charge is 2.38. The first-order valence-corrected chi connectivity index (χ1v) is 6.75. The minimum Gasteiger partial charge on any atom is -0.345 e. The Hall–Kier alpha value is -0.830. The molecule has 0 radical (unpaired) electrons. The molecule has 3 N–H and O–H groups in total. The number of hydrogen-bond donors (Lipinski definition) is 2. The smallest absolute Gasteiger partial charge is 0.247 e. The van der Waals surface area contributed by atoms with Crippen LogP contribution in [0.1, 0.15) is 52.9 Å². The van der Waals surface area contributed by atoms with Crippen LogP contribution in [0.4, 0.5) is 0 Å². The molecule has 0 saturated heterocycles. The number of rotatable bonds is 4. The molecule has 1 aliphatic carbocycles. The standard InChI is InChI=1S/C14H26N2O/c1-4-7-11(2)13(17)16-14(10-15)9-6-5-8-12(14)3/h7,12H,4-6,8-10,15H2,1-3H3,(H,16,17)/b11-7-. The van der Waals surface area contributed by atoms with Gasteiger partial charge in [0.1, 0.15) is 0 Å². The fourth-order valence-electron chi connectivity index (χ4n) is 2.68. The third-order valence-corrected chi connectivity index (χ3v) is 4.05. The topological polar surface area (TPSA) is 55.1 Å². The van der Waals surface area contributed by atoms with Gasteiger partial charge in [-0.3, -0.25) is 4.79 Å². The van der Waals surface area contributed by atoms with Crippen LogP contribution in [0.25, 0.3) is 0 Å². The molecule has 2 atom stereocenters. The molecule has 98 valence electrons. The zero-order valence-electron chi connectivity index (χ0n) is 11.4. The number of amides is 1. The summed E-state index contributed by atoms with van der Waals surface area (Å²) < 4.78 is 0. The molecule has 3 nitrogen and oxygen atoms in total.